The lowest BCUT2D eigenvalue weighted by Gasteiger charge is -2.23. The Balaban J connectivity index is 1.82. The van der Waals surface area contributed by atoms with Crippen molar-refractivity contribution in [2.75, 3.05) is 13.1 Å². The highest BCUT2D eigenvalue weighted by molar-refractivity contribution is 5.84. The second-order valence-electron chi connectivity index (χ2n) is 6.07. The Labute approximate surface area is 139 Å². The molecule has 1 aliphatic rings. The first-order valence-corrected chi connectivity index (χ1v) is 8.57. The second-order valence-corrected chi connectivity index (χ2v) is 6.07. The zero-order chi connectivity index (χ0) is 16.5. The van der Waals surface area contributed by atoms with E-state index in [1.54, 1.807) is 4.90 Å². The summed E-state index contributed by atoms with van der Waals surface area (Å²) in [6, 6.07) is 10.4. The number of rotatable bonds is 6. The van der Waals surface area contributed by atoms with Crippen LogP contribution in [0.4, 0.5) is 0 Å². The molecule has 0 aromatic heterocycles. The molecule has 1 fully saturated rings. The van der Waals surface area contributed by atoms with Gasteiger partial charge in [-0.15, -0.1) is 0 Å². The molecule has 0 radical (unpaired) electrons. The SMILES string of the molecule is CCN(Cc1ccccc1)C(=O)CN=C(N)NC1CCCCC1. The normalized spacial score (nSPS) is 16.1. The van der Waals surface area contributed by atoms with Crippen LogP contribution >= 0.6 is 0 Å². The van der Waals surface area contributed by atoms with Gasteiger partial charge in [-0.3, -0.25) is 4.79 Å². The van der Waals surface area contributed by atoms with Crippen molar-refractivity contribution < 1.29 is 4.79 Å². The van der Waals surface area contributed by atoms with E-state index >= 15 is 0 Å². The number of aliphatic imine (C=N–C) groups is 1. The Morgan fingerprint density at radius 2 is 1.96 bits per heavy atom. The molecule has 3 N–H and O–H groups in total. The first-order valence-electron chi connectivity index (χ1n) is 8.57. The summed E-state index contributed by atoms with van der Waals surface area (Å²) in [4.78, 5) is 18.3. The van der Waals surface area contributed by atoms with Crippen LogP contribution in [0.15, 0.2) is 35.3 Å². The van der Waals surface area contributed by atoms with Crippen LogP contribution in [0.25, 0.3) is 0 Å². The average Bonchev–Trinajstić information content (AvgIpc) is 2.59. The lowest BCUT2D eigenvalue weighted by Crippen LogP contribution is -2.42. The molecule has 0 bridgehead atoms. The highest BCUT2D eigenvalue weighted by Gasteiger charge is 2.15. The Morgan fingerprint density at radius 1 is 1.26 bits per heavy atom. The summed E-state index contributed by atoms with van der Waals surface area (Å²) in [5.41, 5.74) is 7.04. The van der Waals surface area contributed by atoms with E-state index in [4.69, 9.17) is 5.73 Å². The molecule has 1 aromatic carbocycles. The minimum absolute atomic E-state index is 0.00440. The van der Waals surface area contributed by atoms with Crippen LogP contribution in [0.5, 0.6) is 0 Å². The van der Waals surface area contributed by atoms with E-state index in [0.717, 1.165) is 18.4 Å². The Bertz CT molecular complexity index is 509. The first kappa shape index (κ1) is 17.3. The monoisotopic (exact) mass is 316 g/mol. The summed E-state index contributed by atoms with van der Waals surface area (Å²) in [6.45, 7) is 3.36. The van der Waals surface area contributed by atoms with Crippen molar-refractivity contribution in [1.29, 1.82) is 0 Å². The van der Waals surface area contributed by atoms with Gasteiger partial charge in [0.05, 0.1) is 0 Å². The van der Waals surface area contributed by atoms with Gasteiger partial charge in [-0.2, -0.15) is 0 Å². The predicted molar refractivity (Wildman–Crippen MR) is 94.0 cm³/mol. The first-order chi connectivity index (χ1) is 11.2. The molecule has 0 spiro atoms. The molecule has 5 nitrogen and oxygen atoms in total. The van der Waals surface area contributed by atoms with Crippen LogP contribution in [0, 0.1) is 0 Å². The fourth-order valence-corrected chi connectivity index (χ4v) is 2.93. The van der Waals surface area contributed by atoms with Crippen LogP contribution in [-0.2, 0) is 11.3 Å². The van der Waals surface area contributed by atoms with Gasteiger partial charge in [0, 0.05) is 19.1 Å². The second kappa shape index (κ2) is 9.18. The fraction of sp³-hybridized carbons (Fsp3) is 0.556. The lowest BCUT2D eigenvalue weighted by molar-refractivity contribution is -0.130. The van der Waals surface area contributed by atoms with Crippen molar-refractivity contribution in [1.82, 2.24) is 10.2 Å². The quantitative estimate of drug-likeness (QED) is 0.625. The van der Waals surface area contributed by atoms with Crippen molar-refractivity contribution in [2.24, 2.45) is 10.7 Å². The van der Waals surface area contributed by atoms with E-state index in [1.807, 2.05) is 37.3 Å². The molecule has 1 amide bonds. The van der Waals surface area contributed by atoms with Crippen LogP contribution in [0.2, 0.25) is 0 Å². The van der Waals surface area contributed by atoms with E-state index in [0.29, 0.717) is 25.1 Å². The summed E-state index contributed by atoms with van der Waals surface area (Å²) >= 11 is 0. The maximum Gasteiger partial charge on any atom is 0.244 e. The Hall–Kier alpha value is -2.04. The molecule has 23 heavy (non-hydrogen) atoms. The Morgan fingerprint density at radius 3 is 2.61 bits per heavy atom. The number of nitrogens with one attached hydrogen (secondary N) is 1. The minimum Gasteiger partial charge on any atom is -0.370 e. The third kappa shape index (κ3) is 5.93. The van der Waals surface area contributed by atoms with Gasteiger partial charge in [-0.05, 0) is 25.3 Å². The summed E-state index contributed by atoms with van der Waals surface area (Å²) in [5.74, 6) is 0.394. The summed E-state index contributed by atoms with van der Waals surface area (Å²) < 4.78 is 0. The van der Waals surface area contributed by atoms with Crippen molar-refractivity contribution >= 4 is 11.9 Å². The highest BCUT2D eigenvalue weighted by atomic mass is 16.2. The number of nitrogens with two attached hydrogens (primary N) is 1. The maximum absolute atomic E-state index is 12.3. The molecular formula is C18H28N4O. The number of hydrogen-bond acceptors (Lipinski definition) is 2. The third-order valence-corrected chi connectivity index (χ3v) is 4.29. The molecule has 2 rings (SSSR count). The van der Waals surface area contributed by atoms with Crippen LogP contribution in [0.1, 0.15) is 44.6 Å². The smallest absolute Gasteiger partial charge is 0.244 e. The summed E-state index contributed by atoms with van der Waals surface area (Å²) in [6.07, 6.45) is 6.06. The van der Waals surface area contributed by atoms with Gasteiger partial charge < -0.3 is 16.0 Å². The van der Waals surface area contributed by atoms with Gasteiger partial charge in [-0.25, -0.2) is 4.99 Å². The van der Waals surface area contributed by atoms with E-state index < -0.39 is 0 Å². The molecule has 0 aliphatic heterocycles. The molecule has 1 saturated carbocycles. The largest absolute Gasteiger partial charge is 0.370 e. The molecule has 126 valence electrons. The number of hydrogen-bond donors (Lipinski definition) is 2. The molecule has 0 heterocycles. The molecule has 0 saturated heterocycles. The van der Waals surface area contributed by atoms with Crippen LogP contribution in [-0.4, -0.2) is 35.9 Å². The van der Waals surface area contributed by atoms with Gasteiger partial charge in [0.25, 0.3) is 0 Å². The van der Waals surface area contributed by atoms with Crippen molar-refractivity contribution in [3.8, 4) is 0 Å². The highest BCUT2D eigenvalue weighted by Crippen LogP contribution is 2.17. The summed E-state index contributed by atoms with van der Waals surface area (Å²) in [7, 11) is 0. The number of likely N-dealkylation sites (N-methyl/N-ethyl adjacent to an activating group) is 1. The number of carbonyl (C=O) groups is 1. The van der Waals surface area contributed by atoms with Crippen LogP contribution < -0.4 is 11.1 Å². The van der Waals surface area contributed by atoms with Crippen molar-refractivity contribution in [2.45, 2.75) is 51.6 Å². The van der Waals surface area contributed by atoms with Gasteiger partial charge >= 0.3 is 0 Å². The standard InChI is InChI=1S/C18H28N4O/c1-2-22(14-15-9-5-3-6-10-15)17(23)13-20-18(19)21-16-11-7-4-8-12-16/h3,5-6,9-10,16H,2,4,7-8,11-14H2,1H3,(H3,19,20,21). The minimum atomic E-state index is 0.00440. The summed E-state index contributed by atoms with van der Waals surface area (Å²) in [5, 5.41) is 3.24. The molecule has 5 heteroatoms. The molecule has 0 atom stereocenters. The van der Waals surface area contributed by atoms with Gasteiger partial charge in [0.15, 0.2) is 5.96 Å². The van der Waals surface area contributed by atoms with E-state index in [9.17, 15) is 4.79 Å². The molecule has 1 aliphatic carbocycles. The van der Waals surface area contributed by atoms with Gasteiger partial charge in [0.1, 0.15) is 6.54 Å². The average molecular weight is 316 g/mol. The molecule has 1 aromatic rings. The molecule has 0 unspecified atom stereocenters. The van der Waals surface area contributed by atoms with E-state index in [-0.39, 0.29) is 12.5 Å². The topological polar surface area (TPSA) is 70.7 Å². The van der Waals surface area contributed by atoms with E-state index in [1.165, 1.54) is 19.3 Å². The fourth-order valence-electron chi connectivity index (χ4n) is 2.93. The van der Waals surface area contributed by atoms with Crippen molar-refractivity contribution in [3.05, 3.63) is 35.9 Å². The Kier molecular flexibility index (Phi) is 6.91. The molecular weight excluding hydrogens is 288 g/mol. The number of guanidine groups is 1. The van der Waals surface area contributed by atoms with Gasteiger partial charge in [-0.1, -0.05) is 49.6 Å². The van der Waals surface area contributed by atoms with Crippen LogP contribution in [0.3, 0.4) is 0 Å². The maximum atomic E-state index is 12.3. The zero-order valence-corrected chi connectivity index (χ0v) is 14.0. The van der Waals surface area contributed by atoms with Crippen molar-refractivity contribution in [3.63, 3.8) is 0 Å². The number of benzene rings is 1. The number of amides is 1. The van der Waals surface area contributed by atoms with Gasteiger partial charge in [0.2, 0.25) is 5.91 Å². The predicted octanol–water partition coefficient (Wildman–Crippen LogP) is 2.27. The third-order valence-electron chi connectivity index (χ3n) is 4.29. The number of carbonyl (C=O) groups excluding carboxylic acids is 1. The number of nitrogens with zero attached hydrogens (tertiary/aromatic N) is 2. The van der Waals surface area contributed by atoms with E-state index in [2.05, 4.69) is 10.3 Å². The lowest BCUT2D eigenvalue weighted by atomic mass is 9.96. The zero-order valence-electron chi connectivity index (χ0n) is 14.0.